The molecule has 1 aromatic carbocycles. The van der Waals surface area contributed by atoms with E-state index in [1.807, 2.05) is 18.2 Å². The fourth-order valence-corrected chi connectivity index (χ4v) is 3.41. The number of benzene rings is 1. The van der Waals surface area contributed by atoms with Gasteiger partial charge in [-0.1, -0.05) is 31.4 Å². The van der Waals surface area contributed by atoms with Crippen LogP contribution in [0.25, 0.3) is 0 Å². The molecule has 0 atom stereocenters. The Hall–Kier alpha value is -1.56. The van der Waals surface area contributed by atoms with Gasteiger partial charge in [-0.15, -0.1) is 0 Å². The van der Waals surface area contributed by atoms with Gasteiger partial charge in [-0.05, 0) is 50.8 Å². The fraction of sp³-hybridized carbons (Fsp3) is 0.611. The molecule has 0 aliphatic heterocycles. The normalized spacial score (nSPS) is 11.6. The van der Waals surface area contributed by atoms with Gasteiger partial charge >= 0.3 is 5.97 Å². The number of aliphatic carboxylic acids is 1. The van der Waals surface area contributed by atoms with Crippen molar-refractivity contribution in [3.05, 3.63) is 29.8 Å². The smallest absolute Gasteiger partial charge is 0.341 e. The van der Waals surface area contributed by atoms with Gasteiger partial charge in [-0.25, -0.2) is 13.2 Å². The Labute approximate surface area is 145 Å². The number of carboxylic acids is 1. The van der Waals surface area contributed by atoms with Gasteiger partial charge in [-0.2, -0.15) is 0 Å². The van der Waals surface area contributed by atoms with Crippen LogP contribution >= 0.6 is 0 Å². The fourth-order valence-electron chi connectivity index (χ4n) is 2.33. The number of aryl methyl sites for hydroxylation is 1. The number of sulfone groups is 1. The van der Waals surface area contributed by atoms with Crippen molar-refractivity contribution in [3.63, 3.8) is 0 Å². The maximum absolute atomic E-state index is 11.7. The average Bonchev–Trinajstić information content (AvgIpc) is 2.52. The molecule has 0 aliphatic carbocycles. The topological polar surface area (TPSA) is 80.7 Å². The van der Waals surface area contributed by atoms with E-state index in [-0.39, 0.29) is 17.6 Å². The van der Waals surface area contributed by atoms with Crippen LogP contribution in [0.15, 0.2) is 24.3 Å². The lowest BCUT2D eigenvalue weighted by Crippen LogP contribution is -2.17. The molecule has 0 heterocycles. The Morgan fingerprint density at radius 2 is 1.79 bits per heavy atom. The van der Waals surface area contributed by atoms with Gasteiger partial charge in [0.15, 0.2) is 16.4 Å². The quantitative estimate of drug-likeness (QED) is 0.580. The molecular formula is C18H28O5S. The molecule has 0 fully saturated rings. The van der Waals surface area contributed by atoms with E-state index in [0.29, 0.717) is 5.75 Å². The Morgan fingerprint density at radius 1 is 1.12 bits per heavy atom. The first-order valence-electron chi connectivity index (χ1n) is 8.46. The Kier molecular flexibility index (Phi) is 8.82. The number of ether oxygens (including phenoxy) is 1. The number of hydrogen-bond acceptors (Lipinski definition) is 4. The monoisotopic (exact) mass is 356 g/mol. The molecule has 0 saturated heterocycles. The summed E-state index contributed by atoms with van der Waals surface area (Å²) >= 11 is 0. The van der Waals surface area contributed by atoms with E-state index >= 15 is 0 Å². The summed E-state index contributed by atoms with van der Waals surface area (Å²) in [4.78, 5) is 10.5. The second-order valence-corrected chi connectivity index (χ2v) is 8.94. The van der Waals surface area contributed by atoms with Gasteiger partial charge < -0.3 is 9.84 Å². The van der Waals surface area contributed by atoms with Crippen molar-refractivity contribution < 1.29 is 23.1 Å². The van der Waals surface area contributed by atoms with Gasteiger partial charge in [0.05, 0.1) is 11.0 Å². The molecule has 1 rings (SSSR count). The van der Waals surface area contributed by atoms with Crippen LogP contribution in [0.4, 0.5) is 0 Å². The van der Waals surface area contributed by atoms with Crippen molar-refractivity contribution in [2.24, 2.45) is 0 Å². The summed E-state index contributed by atoms with van der Waals surface area (Å²) in [5.74, 6) is -0.123. The summed E-state index contributed by atoms with van der Waals surface area (Å²) in [6.07, 6.45) is 5.70. The van der Waals surface area contributed by atoms with Gasteiger partial charge in [0.1, 0.15) is 5.75 Å². The van der Waals surface area contributed by atoms with E-state index in [9.17, 15) is 13.2 Å². The minimum absolute atomic E-state index is 0.284. The van der Waals surface area contributed by atoms with Crippen LogP contribution in [-0.4, -0.2) is 37.1 Å². The lowest BCUT2D eigenvalue weighted by atomic mass is 10.1. The molecule has 5 nitrogen and oxygen atoms in total. The Balaban J connectivity index is 2.19. The van der Waals surface area contributed by atoms with Gasteiger partial charge in [0.25, 0.3) is 0 Å². The van der Waals surface area contributed by atoms with E-state index in [1.54, 1.807) is 19.9 Å². The molecule has 24 heavy (non-hydrogen) atoms. The summed E-state index contributed by atoms with van der Waals surface area (Å²) in [7, 11) is -2.91. The Bertz CT molecular complexity index is 608. The van der Waals surface area contributed by atoms with E-state index in [1.165, 1.54) is 0 Å². The highest BCUT2D eigenvalue weighted by Gasteiger charge is 2.14. The van der Waals surface area contributed by atoms with Gasteiger partial charge in [0, 0.05) is 0 Å². The van der Waals surface area contributed by atoms with Crippen LogP contribution in [0.2, 0.25) is 0 Å². The molecule has 0 aliphatic rings. The number of hydrogen-bond donors (Lipinski definition) is 1. The predicted octanol–water partition coefficient (Wildman–Crippen LogP) is 3.47. The van der Waals surface area contributed by atoms with Crippen LogP contribution < -0.4 is 4.74 Å². The second-order valence-electron chi connectivity index (χ2n) is 6.26. The third-order valence-electron chi connectivity index (χ3n) is 3.87. The molecule has 0 bridgehead atoms. The zero-order valence-electron chi connectivity index (χ0n) is 14.5. The van der Waals surface area contributed by atoms with Crippen molar-refractivity contribution in [1.29, 1.82) is 0 Å². The van der Waals surface area contributed by atoms with Crippen molar-refractivity contribution in [3.8, 4) is 5.75 Å². The Morgan fingerprint density at radius 3 is 2.46 bits per heavy atom. The maximum atomic E-state index is 11.7. The lowest BCUT2D eigenvalue weighted by Gasteiger charge is -2.08. The summed E-state index contributed by atoms with van der Waals surface area (Å²) in [5.41, 5.74) is 1.13. The van der Waals surface area contributed by atoms with Crippen LogP contribution in [0.5, 0.6) is 5.75 Å². The average molecular weight is 356 g/mol. The van der Waals surface area contributed by atoms with Crippen molar-refractivity contribution in [1.82, 2.24) is 0 Å². The number of rotatable bonds is 12. The lowest BCUT2D eigenvalue weighted by molar-refractivity contribution is -0.139. The molecule has 0 spiro atoms. The number of unbranched alkanes of at least 4 members (excludes halogenated alkanes) is 4. The summed E-state index contributed by atoms with van der Waals surface area (Å²) in [6.45, 7) is 3.12. The third kappa shape index (κ3) is 8.34. The molecule has 1 N–H and O–H groups in total. The van der Waals surface area contributed by atoms with Crippen molar-refractivity contribution in [2.75, 3.05) is 12.4 Å². The van der Waals surface area contributed by atoms with Gasteiger partial charge in [-0.3, -0.25) is 0 Å². The SMILES string of the molecule is CC(C)S(=O)(=O)CCCCCCCc1cccc(OCC(=O)O)c1. The zero-order chi connectivity index (χ0) is 18.0. The minimum Gasteiger partial charge on any atom is -0.482 e. The molecule has 6 heteroatoms. The van der Waals surface area contributed by atoms with E-state index in [2.05, 4.69) is 0 Å². The first kappa shape index (κ1) is 20.5. The van der Waals surface area contributed by atoms with Crippen LogP contribution in [0.1, 0.15) is 51.5 Å². The predicted molar refractivity (Wildman–Crippen MR) is 95.3 cm³/mol. The number of carbonyl (C=O) groups is 1. The largest absolute Gasteiger partial charge is 0.482 e. The van der Waals surface area contributed by atoms with Crippen molar-refractivity contribution >= 4 is 15.8 Å². The minimum atomic E-state index is -2.91. The van der Waals surface area contributed by atoms with Crippen LogP contribution in [0.3, 0.4) is 0 Å². The van der Waals surface area contributed by atoms with E-state index in [0.717, 1.165) is 44.1 Å². The maximum Gasteiger partial charge on any atom is 0.341 e. The first-order chi connectivity index (χ1) is 11.3. The van der Waals surface area contributed by atoms with E-state index < -0.39 is 15.8 Å². The number of carboxylic acid groups (broad SMARTS) is 1. The zero-order valence-corrected chi connectivity index (χ0v) is 15.3. The van der Waals surface area contributed by atoms with Gasteiger partial charge in [0.2, 0.25) is 0 Å². The highest BCUT2D eigenvalue weighted by atomic mass is 32.2. The molecule has 0 saturated carbocycles. The molecule has 0 amide bonds. The third-order valence-corrected chi connectivity index (χ3v) is 6.17. The summed E-state index contributed by atoms with van der Waals surface area (Å²) < 4.78 is 28.5. The summed E-state index contributed by atoms with van der Waals surface area (Å²) in [5, 5.41) is 8.32. The highest BCUT2D eigenvalue weighted by molar-refractivity contribution is 7.91. The molecule has 136 valence electrons. The van der Waals surface area contributed by atoms with Crippen molar-refractivity contribution in [2.45, 2.75) is 57.6 Å². The first-order valence-corrected chi connectivity index (χ1v) is 10.2. The summed E-state index contributed by atoms with van der Waals surface area (Å²) in [6, 6.07) is 7.49. The van der Waals surface area contributed by atoms with Crippen LogP contribution in [-0.2, 0) is 21.1 Å². The van der Waals surface area contributed by atoms with Crippen LogP contribution in [0, 0.1) is 0 Å². The van der Waals surface area contributed by atoms with E-state index in [4.69, 9.17) is 9.84 Å². The molecule has 0 aromatic heterocycles. The standard InChI is InChI=1S/C18H28O5S/c1-15(2)24(21,22)12-7-5-3-4-6-9-16-10-8-11-17(13-16)23-14-18(19)20/h8,10-11,13,15H,3-7,9,12,14H2,1-2H3,(H,19,20). The highest BCUT2D eigenvalue weighted by Crippen LogP contribution is 2.16. The molecule has 0 unspecified atom stereocenters. The second kappa shape index (κ2) is 10.3. The molecular weight excluding hydrogens is 328 g/mol. The molecule has 1 aromatic rings. The molecule has 0 radical (unpaired) electrons.